The van der Waals surface area contributed by atoms with Gasteiger partial charge in [0.15, 0.2) is 5.60 Å². The molecule has 4 aromatic rings. The molecule has 8 heteroatoms. The van der Waals surface area contributed by atoms with Crippen molar-refractivity contribution in [2.24, 2.45) is 13.0 Å². The van der Waals surface area contributed by atoms with E-state index in [0.29, 0.717) is 30.2 Å². The highest BCUT2D eigenvalue weighted by Gasteiger charge is 2.73. The number of halogens is 1. The summed E-state index contributed by atoms with van der Waals surface area (Å²) in [5.41, 5.74) is 1.35. The number of aryl methyl sites for hydroxylation is 1. The Kier molecular flexibility index (Phi) is 6.06. The largest absolute Gasteiger partial charge is 0.495 e. The van der Waals surface area contributed by atoms with Gasteiger partial charge >= 0.3 is 0 Å². The van der Waals surface area contributed by atoms with Crippen molar-refractivity contribution in [1.82, 2.24) is 20.1 Å². The van der Waals surface area contributed by atoms with Gasteiger partial charge in [-0.3, -0.25) is 9.67 Å². The van der Waals surface area contributed by atoms with Crippen LogP contribution in [0.1, 0.15) is 34.7 Å². The standard InChI is InChI=1S/C29H29BrN4O3/c1-34-23(12-13-33-34)16-31-15-21-14-24(19-6-4-3-5-7-19)29(20-8-10-22(30)11-9-20)28(21,35)27-25(36-2)17-32-18-26(27)37-29/h3-13,17-18,21,24,31,35H,14-16H2,1-2H3. The lowest BCUT2D eigenvalue weighted by atomic mass is 9.70. The molecule has 2 aromatic carbocycles. The van der Waals surface area contributed by atoms with E-state index in [0.717, 1.165) is 27.7 Å². The van der Waals surface area contributed by atoms with Gasteiger partial charge in [-0.1, -0.05) is 58.4 Å². The molecule has 0 amide bonds. The summed E-state index contributed by atoms with van der Waals surface area (Å²) in [5.74, 6) is 0.805. The van der Waals surface area contributed by atoms with Crippen LogP contribution in [0.15, 0.2) is 83.7 Å². The molecule has 2 aromatic heterocycles. The summed E-state index contributed by atoms with van der Waals surface area (Å²) in [6.45, 7) is 1.23. The van der Waals surface area contributed by atoms with Crippen LogP contribution in [0.4, 0.5) is 0 Å². The Morgan fingerprint density at radius 2 is 1.92 bits per heavy atom. The second-order valence-electron chi connectivity index (χ2n) is 9.80. The van der Waals surface area contributed by atoms with E-state index in [-0.39, 0.29) is 11.8 Å². The Balaban J connectivity index is 1.51. The number of aliphatic hydroxyl groups is 1. The molecule has 2 N–H and O–H groups in total. The lowest BCUT2D eigenvalue weighted by Crippen LogP contribution is -2.52. The van der Waals surface area contributed by atoms with E-state index >= 15 is 0 Å². The molecule has 0 saturated heterocycles. The Labute approximate surface area is 224 Å². The average molecular weight is 561 g/mol. The van der Waals surface area contributed by atoms with Gasteiger partial charge < -0.3 is 19.9 Å². The van der Waals surface area contributed by atoms with Crippen LogP contribution in [0.25, 0.3) is 0 Å². The number of benzene rings is 2. The summed E-state index contributed by atoms with van der Waals surface area (Å²) in [4.78, 5) is 4.36. The number of aromatic nitrogens is 3. The molecule has 4 atom stereocenters. The predicted molar refractivity (Wildman–Crippen MR) is 143 cm³/mol. The number of ether oxygens (including phenoxy) is 2. The number of fused-ring (bicyclic) bond motifs is 3. The minimum absolute atomic E-state index is 0.111. The van der Waals surface area contributed by atoms with Crippen LogP contribution in [0.3, 0.4) is 0 Å². The predicted octanol–water partition coefficient (Wildman–Crippen LogP) is 4.66. The van der Waals surface area contributed by atoms with Crippen molar-refractivity contribution in [2.45, 2.75) is 30.1 Å². The second kappa shape index (κ2) is 9.28. The van der Waals surface area contributed by atoms with Crippen LogP contribution in [-0.4, -0.2) is 33.5 Å². The van der Waals surface area contributed by atoms with E-state index < -0.39 is 11.2 Å². The van der Waals surface area contributed by atoms with Crippen molar-refractivity contribution in [3.05, 3.63) is 106 Å². The van der Waals surface area contributed by atoms with Crippen LogP contribution in [0, 0.1) is 5.92 Å². The monoisotopic (exact) mass is 560 g/mol. The van der Waals surface area contributed by atoms with Crippen LogP contribution in [0.2, 0.25) is 0 Å². The third-order valence-electron chi connectivity index (χ3n) is 8.01. The lowest BCUT2D eigenvalue weighted by molar-refractivity contribution is -0.127. The summed E-state index contributed by atoms with van der Waals surface area (Å²) in [7, 11) is 3.54. The van der Waals surface area contributed by atoms with Gasteiger partial charge in [0.2, 0.25) is 0 Å². The number of nitrogens with one attached hydrogen (secondary N) is 1. The molecule has 3 heterocycles. The fraction of sp³-hybridized carbons (Fsp3) is 0.310. The molecule has 0 spiro atoms. The number of nitrogens with zero attached hydrogens (tertiary/aromatic N) is 3. The molecule has 1 aliphatic carbocycles. The van der Waals surface area contributed by atoms with Gasteiger partial charge in [-0.25, -0.2) is 0 Å². The number of pyridine rings is 1. The molecule has 37 heavy (non-hydrogen) atoms. The van der Waals surface area contributed by atoms with E-state index in [9.17, 15) is 5.11 Å². The highest BCUT2D eigenvalue weighted by molar-refractivity contribution is 9.10. The van der Waals surface area contributed by atoms with Crippen LogP contribution < -0.4 is 14.8 Å². The molecule has 2 aliphatic rings. The first kappa shape index (κ1) is 24.2. The van der Waals surface area contributed by atoms with Gasteiger partial charge in [0.05, 0.1) is 30.8 Å². The van der Waals surface area contributed by atoms with E-state index in [1.165, 1.54) is 0 Å². The van der Waals surface area contributed by atoms with Gasteiger partial charge in [0.1, 0.15) is 17.1 Å². The Hall–Kier alpha value is -3.20. The van der Waals surface area contributed by atoms with Crippen molar-refractivity contribution in [3.8, 4) is 11.5 Å². The van der Waals surface area contributed by atoms with Crippen molar-refractivity contribution < 1.29 is 14.6 Å². The molecular weight excluding hydrogens is 532 g/mol. The first-order valence-electron chi connectivity index (χ1n) is 12.4. The first-order chi connectivity index (χ1) is 18.0. The summed E-state index contributed by atoms with van der Waals surface area (Å²) < 4.78 is 15.5. The van der Waals surface area contributed by atoms with Crippen molar-refractivity contribution in [2.75, 3.05) is 13.7 Å². The smallest absolute Gasteiger partial charge is 0.174 e. The fourth-order valence-electron chi connectivity index (χ4n) is 6.35. The molecule has 1 fully saturated rings. The van der Waals surface area contributed by atoms with E-state index in [4.69, 9.17) is 9.47 Å². The SMILES string of the molecule is COc1cncc2c1C1(O)C(CNCc3ccnn3C)CC(c3ccccc3)C1(c1ccc(Br)cc1)O2. The quantitative estimate of drug-likeness (QED) is 0.342. The highest BCUT2D eigenvalue weighted by Crippen LogP contribution is 2.69. The average Bonchev–Trinajstić information content (AvgIpc) is 3.53. The third kappa shape index (κ3) is 3.61. The molecule has 4 unspecified atom stereocenters. The Morgan fingerprint density at radius 3 is 2.62 bits per heavy atom. The first-order valence-corrected chi connectivity index (χ1v) is 13.2. The van der Waals surface area contributed by atoms with Crippen LogP contribution in [0.5, 0.6) is 11.5 Å². The minimum Gasteiger partial charge on any atom is -0.495 e. The number of hydrogen-bond donors (Lipinski definition) is 2. The maximum Gasteiger partial charge on any atom is 0.174 e. The third-order valence-corrected chi connectivity index (χ3v) is 8.54. The molecular formula is C29H29BrN4O3. The summed E-state index contributed by atoms with van der Waals surface area (Å²) in [6, 6.07) is 20.4. The molecule has 6 rings (SSSR count). The normalized spacial score (nSPS) is 25.9. The van der Waals surface area contributed by atoms with Crippen molar-refractivity contribution in [3.63, 3.8) is 0 Å². The van der Waals surface area contributed by atoms with Gasteiger partial charge in [-0.15, -0.1) is 0 Å². The second-order valence-corrected chi connectivity index (χ2v) is 10.7. The van der Waals surface area contributed by atoms with E-state index in [2.05, 4.69) is 43.5 Å². The molecule has 7 nitrogen and oxygen atoms in total. The minimum atomic E-state index is -1.37. The van der Waals surface area contributed by atoms with Crippen LogP contribution in [-0.2, 0) is 24.8 Å². The number of rotatable bonds is 7. The molecule has 1 aliphatic heterocycles. The highest BCUT2D eigenvalue weighted by atomic mass is 79.9. The van der Waals surface area contributed by atoms with E-state index in [1.807, 2.05) is 60.3 Å². The molecule has 1 saturated carbocycles. The van der Waals surface area contributed by atoms with Gasteiger partial charge in [0.25, 0.3) is 0 Å². The molecule has 0 bridgehead atoms. The summed E-state index contributed by atoms with van der Waals surface area (Å²) in [5, 5.41) is 20.9. The topological polar surface area (TPSA) is 81.4 Å². The maximum absolute atomic E-state index is 13.1. The van der Waals surface area contributed by atoms with Gasteiger partial charge in [-0.2, -0.15) is 5.10 Å². The zero-order valence-corrected chi connectivity index (χ0v) is 22.4. The Bertz CT molecular complexity index is 1410. The van der Waals surface area contributed by atoms with Crippen LogP contribution >= 0.6 is 15.9 Å². The summed E-state index contributed by atoms with van der Waals surface area (Å²) >= 11 is 3.57. The summed E-state index contributed by atoms with van der Waals surface area (Å²) in [6.07, 6.45) is 5.87. The van der Waals surface area contributed by atoms with Crippen molar-refractivity contribution in [1.29, 1.82) is 0 Å². The maximum atomic E-state index is 13.1. The number of methoxy groups -OCH3 is 1. The fourth-order valence-corrected chi connectivity index (χ4v) is 6.61. The number of hydrogen-bond acceptors (Lipinski definition) is 6. The zero-order chi connectivity index (χ0) is 25.6. The van der Waals surface area contributed by atoms with Gasteiger partial charge in [-0.05, 0) is 35.7 Å². The molecule has 0 radical (unpaired) electrons. The van der Waals surface area contributed by atoms with Gasteiger partial charge in [0, 0.05) is 42.6 Å². The molecule has 190 valence electrons. The van der Waals surface area contributed by atoms with E-state index in [1.54, 1.807) is 25.7 Å². The van der Waals surface area contributed by atoms with Crippen molar-refractivity contribution >= 4 is 15.9 Å². The lowest BCUT2D eigenvalue weighted by Gasteiger charge is -2.42. The Morgan fingerprint density at radius 1 is 1.14 bits per heavy atom. The zero-order valence-electron chi connectivity index (χ0n) is 20.8.